The molecule has 1 saturated heterocycles. The Balaban J connectivity index is 2.28. The fraction of sp³-hybridized carbons (Fsp3) is 0.900. The molecule has 1 aliphatic rings. The van der Waals surface area contributed by atoms with E-state index in [1.165, 1.54) is 0 Å². The van der Waals surface area contributed by atoms with Crippen molar-refractivity contribution in [2.45, 2.75) is 39.4 Å². The molecule has 4 heteroatoms. The van der Waals surface area contributed by atoms with Gasteiger partial charge in [-0.05, 0) is 33.1 Å². The molecule has 0 aromatic heterocycles. The van der Waals surface area contributed by atoms with Crippen molar-refractivity contribution in [2.75, 3.05) is 13.2 Å². The van der Waals surface area contributed by atoms with Crippen molar-refractivity contribution in [3.05, 3.63) is 0 Å². The van der Waals surface area contributed by atoms with Gasteiger partial charge in [-0.3, -0.25) is 4.79 Å². The summed E-state index contributed by atoms with van der Waals surface area (Å²) in [5.41, 5.74) is 4.62. The molecule has 14 heavy (non-hydrogen) atoms. The van der Waals surface area contributed by atoms with Crippen molar-refractivity contribution in [2.24, 2.45) is 11.1 Å². The molecule has 0 radical (unpaired) electrons. The molecule has 0 saturated carbocycles. The van der Waals surface area contributed by atoms with Gasteiger partial charge in [-0.2, -0.15) is 0 Å². The lowest BCUT2D eigenvalue weighted by Gasteiger charge is -2.27. The summed E-state index contributed by atoms with van der Waals surface area (Å²) in [5.74, 6) is -0.340. The van der Waals surface area contributed by atoms with Crippen LogP contribution in [0.5, 0.6) is 0 Å². The Morgan fingerprint density at radius 2 is 2.29 bits per heavy atom. The molecule has 2 N–H and O–H groups in total. The Kier molecular flexibility index (Phi) is 3.89. The van der Waals surface area contributed by atoms with Crippen LogP contribution in [0.25, 0.3) is 0 Å². The Morgan fingerprint density at radius 3 is 2.79 bits per heavy atom. The van der Waals surface area contributed by atoms with Crippen LogP contribution in [0.2, 0.25) is 0 Å². The summed E-state index contributed by atoms with van der Waals surface area (Å²) in [6.07, 6.45) is 2.98. The highest BCUT2D eigenvalue weighted by molar-refractivity contribution is 5.80. The van der Waals surface area contributed by atoms with Gasteiger partial charge in [0, 0.05) is 6.61 Å². The number of amides is 1. The number of nitrogens with two attached hydrogens (primary N) is 1. The quantitative estimate of drug-likeness (QED) is 0.739. The largest absolute Gasteiger partial charge is 0.369 e. The van der Waals surface area contributed by atoms with Gasteiger partial charge >= 0.3 is 0 Å². The number of hydrogen-bond acceptors (Lipinski definition) is 3. The number of carbonyl (C=O) groups is 1. The van der Waals surface area contributed by atoms with Crippen LogP contribution in [0.4, 0.5) is 0 Å². The summed E-state index contributed by atoms with van der Waals surface area (Å²) >= 11 is 0. The smallest absolute Gasteiger partial charge is 0.225 e. The highest BCUT2D eigenvalue weighted by Gasteiger charge is 2.27. The fourth-order valence-electron chi connectivity index (χ4n) is 1.22. The first-order chi connectivity index (χ1) is 6.52. The van der Waals surface area contributed by atoms with E-state index in [2.05, 4.69) is 0 Å². The van der Waals surface area contributed by atoms with Crippen LogP contribution < -0.4 is 5.73 Å². The molecular weight excluding hydrogens is 182 g/mol. The van der Waals surface area contributed by atoms with E-state index in [1.54, 1.807) is 13.8 Å². The van der Waals surface area contributed by atoms with Crippen molar-refractivity contribution >= 4 is 5.91 Å². The van der Waals surface area contributed by atoms with E-state index in [-0.39, 0.29) is 12.2 Å². The maximum absolute atomic E-state index is 11.0. The first-order valence-electron chi connectivity index (χ1n) is 5.05. The van der Waals surface area contributed by atoms with Gasteiger partial charge in [0.25, 0.3) is 0 Å². The van der Waals surface area contributed by atoms with E-state index in [4.69, 9.17) is 15.2 Å². The predicted molar refractivity (Wildman–Crippen MR) is 52.5 cm³/mol. The Bertz CT molecular complexity index is 198. The van der Waals surface area contributed by atoms with Gasteiger partial charge in [0.1, 0.15) is 0 Å². The number of rotatable bonds is 4. The average Bonchev–Trinajstić information content (AvgIpc) is 2.16. The first-order valence-corrected chi connectivity index (χ1v) is 5.05. The van der Waals surface area contributed by atoms with E-state index in [0.717, 1.165) is 25.9 Å². The van der Waals surface area contributed by atoms with Gasteiger partial charge in [0.15, 0.2) is 6.29 Å². The maximum atomic E-state index is 11.0. The van der Waals surface area contributed by atoms with Crippen LogP contribution in [0, 0.1) is 5.41 Å². The van der Waals surface area contributed by atoms with Crippen LogP contribution in [-0.2, 0) is 14.3 Å². The minimum absolute atomic E-state index is 0.151. The van der Waals surface area contributed by atoms with Gasteiger partial charge in [0.2, 0.25) is 5.91 Å². The van der Waals surface area contributed by atoms with E-state index < -0.39 is 5.41 Å². The summed E-state index contributed by atoms with van der Waals surface area (Å²) in [7, 11) is 0. The van der Waals surface area contributed by atoms with E-state index in [9.17, 15) is 4.79 Å². The van der Waals surface area contributed by atoms with Crippen molar-refractivity contribution in [3.63, 3.8) is 0 Å². The molecule has 82 valence electrons. The Labute approximate surface area is 84.7 Å². The standard InChI is InChI=1S/C10H19NO3/c1-10(2,9(11)12)7-14-8-5-3-4-6-13-8/h8H,3-7H2,1-2H3,(H2,11,12). The number of ether oxygens (including phenoxy) is 2. The van der Waals surface area contributed by atoms with Crippen molar-refractivity contribution in [3.8, 4) is 0 Å². The van der Waals surface area contributed by atoms with Gasteiger partial charge < -0.3 is 15.2 Å². The molecule has 1 amide bonds. The second-order valence-corrected chi connectivity index (χ2v) is 4.36. The fourth-order valence-corrected chi connectivity index (χ4v) is 1.22. The van der Waals surface area contributed by atoms with E-state index in [1.807, 2.05) is 0 Å². The molecule has 1 rings (SSSR count). The van der Waals surface area contributed by atoms with Crippen LogP contribution in [-0.4, -0.2) is 25.4 Å². The van der Waals surface area contributed by atoms with Gasteiger partial charge in [-0.1, -0.05) is 0 Å². The summed E-state index contributed by atoms with van der Waals surface area (Å²) in [5, 5.41) is 0. The van der Waals surface area contributed by atoms with Gasteiger partial charge in [-0.15, -0.1) is 0 Å². The topological polar surface area (TPSA) is 61.6 Å². The molecule has 1 atom stereocenters. The number of primary amides is 1. The molecule has 0 spiro atoms. The van der Waals surface area contributed by atoms with Crippen LogP contribution in [0.3, 0.4) is 0 Å². The zero-order chi connectivity index (χ0) is 10.6. The second kappa shape index (κ2) is 4.75. The van der Waals surface area contributed by atoms with Crippen LogP contribution >= 0.6 is 0 Å². The first kappa shape index (κ1) is 11.5. The summed E-state index contributed by atoms with van der Waals surface area (Å²) in [6.45, 7) is 4.63. The molecule has 0 bridgehead atoms. The summed E-state index contributed by atoms with van der Waals surface area (Å²) in [4.78, 5) is 11.0. The zero-order valence-electron chi connectivity index (χ0n) is 8.91. The summed E-state index contributed by atoms with van der Waals surface area (Å²) < 4.78 is 10.9. The molecule has 0 aromatic rings. The number of hydrogen-bond donors (Lipinski definition) is 1. The predicted octanol–water partition coefficient (Wildman–Crippen LogP) is 1.04. The maximum Gasteiger partial charge on any atom is 0.225 e. The summed E-state index contributed by atoms with van der Waals surface area (Å²) in [6, 6.07) is 0. The monoisotopic (exact) mass is 201 g/mol. The lowest BCUT2D eigenvalue weighted by molar-refractivity contribution is -0.178. The number of carbonyl (C=O) groups excluding carboxylic acids is 1. The third kappa shape index (κ3) is 3.27. The molecule has 4 nitrogen and oxygen atoms in total. The lowest BCUT2D eigenvalue weighted by atomic mass is 9.94. The molecule has 1 fully saturated rings. The van der Waals surface area contributed by atoms with Crippen LogP contribution in [0.15, 0.2) is 0 Å². The second-order valence-electron chi connectivity index (χ2n) is 4.36. The highest BCUT2D eigenvalue weighted by Crippen LogP contribution is 2.19. The lowest BCUT2D eigenvalue weighted by Crippen LogP contribution is -2.37. The molecule has 1 unspecified atom stereocenters. The van der Waals surface area contributed by atoms with Crippen LogP contribution in [0.1, 0.15) is 33.1 Å². The van der Waals surface area contributed by atoms with E-state index in [0.29, 0.717) is 6.61 Å². The van der Waals surface area contributed by atoms with Gasteiger partial charge in [0.05, 0.1) is 12.0 Å². The minimum Gasteiger partial charge on any atom is -0.369 e. The third-order valence-corrected chi connectivity index (χ3v) is 2.44. The SMILES string of the molecule is CC(C)(COC1CCCCO1)C(N)=O. The normalized spacial score (nSPS) is 23.4. The Morgan fingerprint density at radius 1 is 1.57 bits per heavy atom. The highest BCUT2D eigenvalue weighted by atomic mass is 16.7. The van der Waals surface area contributed by atoms with Gasteiger partial charge in [-0.25, -0.2) is 0 Å². The molecule has 0 aromatic carbocycles. The van der Waals surface area contributed by atoms with Crippen molar-refractivity contribution in [1.82, 2.24) is 0 Å². The molecular formula is C10H19NO3. The average molecular weight is 201 g/mol. The van der Waals surface area contributed by atoms with Crippen molar-refractivity contribution < 1.29 is 14.3 Å². The Hall–Kier alpha value is -0.610. The molecule has 1 aliphatic heterocycles. The molecule has 1 heterocycles. The third-order valence-electron chi connectivity index (χ3n) is 2.44. The van der Waals surface area contributed by atoms with E-state index >= 15 is 0 Å². The minimum atomic E-state index is -0.610. The molecule has 0 aliphatic carbocycles. The van der Waals surface area contributed by atoms with Crippen molar-refractivity contribution in [1.29, 1.82) is 0 Å². The zero-order valence-corrected chi connectivity index (χ0v) is 8.91.